The molecule has 3 rings (SSSR count). The number of para-hydroxylation sites is 1. The number of rotatable bonds is 3. The Bertz CT molecular complexity index is 498. The first kappa shape index (κ1) is 14.9. The van der Waals surface area contributed by atoms with Crippen LogP contribution in [0.5, 0.6) is 5.75 Å². The highest BCUT2D eigenvalue weighted by Crippen LogP contribution is 2.48. The molecule has 3 nitrogen and oxygen atoms in total. The van der Waals surface area contributed by atoms with Crippen LogP contribution in [0.25, 0.3) is 0 Å². The van der Waals surface area contributed by atoms with Gasteiger partial charge < -0.3 is 4.74 Å². The van der Waals surface area contributed by atoms with Crippen LogP contribution in [0.1, 0.15) is 63.1 Å². The third-order valence-corrected chi connectivity index (χ3v) is 5.47. The Morgan fingerprint density at radius 3 is 2.90 bits per heavy atom. The zero-order valence-electron chi connectivity index (χ0n) is 13.3. The van der Waals surface area contributed by atoms with E-state index in [4.69, 9.17) is 10.6 Å². The largest absolute Gasteiger partial charge is 0.493 e. The van der Waals surface area contributed by atoms with E-state index >= 15 is 0 Å². The van der Waals surface area contributed by atoms with E-state index in [0.717, 1.165) is 25.2 Å². The molecule has 0 saturated heterocycles. The van der Waals surface area contributed by atoms with Crippen LogP contribution in [0.4, 0.5) is 0 Å². The molecule has 2 unspecified atom stereocenters. The van der Waals surface area contributed by atoms with Gasteiger partial charge in [0.15, 0.2) is 0 Å². The summed E-state index contributed by atoms with van der Waals surface area (Å²) in [7, 11) is 0. The van der Waals surface area contributed by atoms with Crippen molar-refractivity contribution in [1.82, 2.24) is 5.43 Å². The highest BCUT2D eigenvalue weighted by atomic mass is 16.5. The summed E-state index contributed by atoms with van der Waals surface area (Å²) in [4.78, 5) is 0. The first-order valence-corrected chi connectivity index (χ1v) is 8.34. The van der Waals surface area contributed by atoms with Gasteiger partial charge in [0.05, 0.1) is 12.6 Å². The molecule has 3 N–H and O–H groups in total. The lowest BCUT2D eigenvalue weighted by molar-refractivity contribution is 0.0964. The number of nitrogens with one attached hydrogen (secondary N) is 1. The van der Waals surface area contributed by atoms with Gasteiger partial charge in [-0.05, 0) is 42.6 Å². The lowest BCUT2D eigenvalue weighted by Gasteiger charge is -2.43. The minimum absolute atomic E-state index is 0.188. The molecule has 1 heterocycles. The number of ether oxygens (including phenoxy) is 1. The number of aryl methyl sites for hydroxylation is 1. The second kappa shape index (κ2) is 5.98. The van der Waals surface area contributed by atoms with Gasteiger partial charge in [-0.15, -0.1) is 0 Å². The lowest BCUT2D eigenvalue weighted by Crippen LogP contribution is -2.42. The van der Waals surface area contributed by atoms with Crippen LogP contribution < -0.4 is 16.0 Å². The summed E-state index contributed by atoms with van der Waals surface area (Å²) in [5.41, 5.74) is 6.04. The lowest BCUT2D eigenvalue weighted by atomic mass is 9.64. The molecule has 2 atom stereocenters. The third kappa shape index (κ3) is 2.82. The summed E-state index contributed by atoms with van der Waals surface area (Å²) < 4.78 is 6.00. The molecule has 1 fully saturated rings. The second-order valence-corrected chi connectivity index (χ2v) is 7.27. The van der Waals surface area contributed by atoms with E-state index in [2.05, 4.69) is 37.5 Å². The predicted octanol–water partition coefficient (Wildman–Crippen LogP) is 3.73. The van der Waals surface area contributed by atoms with Gasteiger partial charge in [0.1, 0.15) is 5.75 Å². The fraction of sp³-hybridized carbons (Fsp3) is 0.667. The van der Waals surface area contributed by atoms with Gasteiger partial charge in [0.2, 0.25) is 0 Å². The molecular formula is C18H28N2O. The normalized spacial score (nSPS) is 25.8. The van der Waals surface area contributed by atoms with Gasteiger partial charge in [0.25, 0.3) is 0 Å². The van der Waals surface area contributed by atoms with Crippen molar-refractivity contribution in [3.63, 3.8) is 0 Å². The van der Waals surface area contributed by atoms with Crippen LogP contribution in [-0.2, 0) is 6.42 Å². The maximum absolute atomic E-state index is 6.00. The van der Waals surface area contributed by atoms with Crippen LogP contribution in [-0.4, -0.2) is 6.61 Å². The van der Waals surface area contributed by atoms with Crippen LogP contribution in [0.15, 0.2) is 18.2 Å². The topological polar surface area (TPSA) is 47.3 Å². The summed E-state index contributed by atoms with van der Waals surface area (Å²) in [6.07, 6.45) is 7.41. The Hall–Kier alpha value is -1.06. The molecule has 1 aliphatic heterocycles. The van der Waals surface area contributed by atoms with E-state index in [0.29, 0.717) is 11.3 Å². The monoisotopic (exact) mass is 288 g/mol. The van der Waals surface area contributed by atoms with Crippen molar-refractivity contribution in [1.29, 1.82) is 0 Å². The maximum atomic E-state index is 6.00. The van der Waals surface area contributed by atoms with E-state index in [1.54, 1.807) is 0 Å². The average Bonchev–Trinajstić information content (AvgIpc) is 2.49. The van der Waals surface area contributed by atoms with Gasteiger partial charge in [-0.3, -0.25) is 11.3 Å². The van der Waals surface area contributed by atoms with Crippen LogP contribution >= 0.6 is 0 Å². The van der Waals surface area contributed by atoms with Crippen LogP contribution in [0.3, 0.4) is 0 Å². The van der Waals surface area contributed by atoms with Crippen molar-refractivity contribution in [2.45, 2.75) is 58.4 Å². The highest BCUT2D eigenvalue weighted by Gasteiger charge is 2.39. The number of nitrogens with two attached hydrogens (primary N) is 1. The van der Waals surface area contributed by atoms with E-state index < -0.39 is 0 Å². The van der Waals surface area contributed by atoms with Crippen molar-refractivity contribution in [3.8, 4) is 5.75 Å². The fourth-order valence-electron chi connectivity index (χ4n) is 4.22. The summed E-state index contributed by atoms with van der Waals surface area (Å²) in [6, 6.07) is 6.73. The number of benzene rings is 1. The molecule has 2 aliphatic rings. The molecule has 116 valence electrons. The Balaban J connectivity index is 1.96. The second-order valence-electron chi connectivity index (χ2n) is 7.27. The molecule has 21 heavy (non-hydrogen) atoms. The summed E-state index contributed by atoms with van der Waals surface area (Å²) in [5.74, 6) is 7.64. The van der Waals surface area contributed by atoms with E-state index in [-0.39, 0.29) is 6.04 Å². The van der Waals surface area contributed by atoms with E-state index in [1.807, 2.05) is 0 Å². The van der Waals surface area contributed by atoms with Gasteiger partial charge >= 0.3 is 0 Å². The van der Waals surface area contributed by atoms with Gasteiger partial charge in [-0.2, -0.15) is 0 Å². The van der Waals surface area contributed by atoms with Crippen molar-refractivity contribution in [2.75, 3.05) is 6.61 Å². The Kier molecular flexibility index (Phi) is 4.23. The predicted molar refractivity (Wildman–Crippen MR) is 86.1 cm³/mol. The molecule has 1 aromatic carbocycles. The van der Waals surface area contributed by atoms with E-state index in [9.17, 15) is 0 Å². The van der Waals surface area contributed by atoms with Gasteiger partial charge in [-0.25, -0.2) is 0 Å². The minimum Gasteiger partial charge on any atom is -0.493 e. The van der Waals surface area contributed by atoms with Crippen molar-refractivity contribution >= 4 is 0 Å². The number of hydrogen-bond acceptors (Lipinski definition) is 3. The quantitative estimate of drug-likeness (QED) is 0.658. The summed E-state index contributed by atoms with van der Waals surface area (Å²) in [5, 5.41) is 0. The zero-order chi connectivity index (χ0) is 14.9. The average molecular weight is 288 g/mol. The van der Waals surface area contributed by atoms with Gasteiger partial charge in [-0.1, -0.05) is 44.9 Å². The molecule has 1 aliphatic carbocycles. The van der Waals surface area contributed by atoms with Crippen molar-refractivity contribution in [2.24, 2.45) is 17.2 Å². The van der Waals surface area contributed by atoms with Crippen LogP contribution in [0, 0.1) is 11.3 Å². The van der Waals surface area contributed by atoms with Crippen molar-refractivity contribution in [3.05, 3.63) is 29.3 Å². The zero-order valence-corrected chi connectivity index (χ0v) is 13.3. The molecule has 0 aromatic heterocycles. The van der Waals surface area contributed by atoms with Crippen LogP contribution in [0.2, 0.25) is 0 Å². The van der Waals surface area contributed by atoms with E-state index in [1.165, 1.54) is 36.8 Å². The third-order valence-electron chi connectivity index (χ3n) is 5.47. The van der Waals surface area contributed by atoms with Gasteiger partial charge in [0, 0.05) is 5.56 Å². The highest BCUT2D eigenvalue weighted by molar-refractivity contribution is 5.45. The molecule has 1 aromatic rings. The smallest absolute Gasteiger partial charge is 0.127 e. The Labute approximate surface area is 128 Å². The number of hydrazine groups is 1. The maximum Gasteiger partial charge on any atom is 0.127 e. The van der Waals surface area contributed by atoms with Crippen molar-refractivity contribution < 1.29 is 4.74 Å². The fourth-order valence-corrected chi connectivity index (χ4v) is 4.22. The first-order chi connectivity index (χ1) is 10.1. The molecule has 0 amide bonds. The SMILES string of the molecule is CC1(C)CCCCC1C(NN)c1cccc2c1OCCC2. The standard InChI is InChI=1S/C18H28N2O/c1-18(2)11-4-3-10-15(18)16(20-19)14-9-5-7-13-8-6-12-21-17(13)14/h5,7,9,15-16,20H,3-4,6,8,10-12,19H2,1-2H3. The number of fused-ring (bicyclic) bond motifs is 1. The molecule has 0 spiro atoms. The molecular weight excluding hydrogens is 260 g/mol. The summed E-state index contributed by atoms with van der Waals surface area (Å²) in [6.45, 7) is 5.60. The molecule has 0 bridgehead atoms. The Morgan fingerprint density at radius 1 is 1.29 bits per heavy atom. The molecule has 0 radical (unpaired) electrons. The first-order valence-electron chi connectivity index (χ1n) is 8.34. The molecule has 1 saturated carbocycles. The Morgan fingerprint density at radius 2 is 2.14 bits per heavy atom. The number of hydrogen-bond donors (Lipinski definition) is 2. The summed E-state index contributed by atoms with van der Waals surface area (Å²) >= 11 is 0. The minimum atomic E-state index is 0.188. The molecule has 3 heteroatoms.